The minimum Gasteiger partial charge on any atom is -0.349 e. The van der Waals surface area contributed by atoms with Crippen molar-refractivity contribution >= 4 is 45.7 Å². The summed E-state index contributed by atoms with van der Waals surface area (Å²) in [6.45, 7) is 6.93. The molecule has 4 aromatic rings. The van der Waals surface area contributed by atoms with E-state index < -0.39 is 17.5 Å². The minimum absolute atomic E-state index is 0.157. The molecule has 0 saturated heterocycles. The minimum atomic E-state index is -0.983. The van der Waals surface area contributed by atoms with Gasteiger partial charge in [-0.15, -0.1) is 5.10 Å². The molecule has 0 bridgehead atoms. The van der Waals surface area contributed by atoms with E-state index in [2.05, 4.69) is 15.6 Å². The van der Waals surface area contributed by atoms with Crippen molar-refractivity contribution in [1.82, 2.24) is 20.3 Å². The first-order valence-electron chi connectivity index (χ1n) is 11.2. The number of hydrogen-bond acceptors (Lipinski definition) is 6. The highest BCUT2D eigenvalue weighted by Gasteiger charge is 2.36. The summed E-state index contributed by atoms with van der Waals surface area (Å²) in [7, 11) is 0. The number of rotatable bonds is 7. The number of hydrogen-bond donors (Lipinski definition) is 1. The fourth-order valence-corrected chi connectivity index (χ4v) is 4.60. The third-order valence-electron chi connectivity index (χ3n) is 5.38. The molecule has 4 rings (SSSR count). The van der Waals surface area contributed by atoms with Crippen LogP contribution < -0.4 is 10.2 Å². The Hall–Kier alpha value is -3.85. The van der Waals surface area contributed by atoms with Crippen molar-refractivity contribution in [1.29, 1.82) is 0 Å². The molecule has 9 heteroatoms. The van der Waals surface area contributed by atoms with Crippen LogP contribution in [0.4, 0.5) is 5.69 Å². The maximum absolute atomic E-state index is 14.0. The molecule has 1 N–H and O–H groups in total. The normalized spacial score (nSPS) is 12.3. The third-order valence-corrected chi connectivity index (χ3v) is 6.08. The van der Waals surface area contributed by atoms with Gasteiger partial charge in [-0.1, -0.05) is 29.5 Å². The van der Waals surface area contributed by atoms with E-state index >= 15 is 0 Å². The average Bonchev–Trinajstić information content (AvgIpc) is 3.46. The number of anilines is 1. The Morgan fingerprint density at radius 2 is 1.77 bits per heavy atom. The van der Waals surface area contributed by atoms with E-state index in [0.29, 0.717) is 27.8 Å². The molecule has 1 atom stereocenters. The second-order valence-corrected chi connectivity index (χ2v) is 10.1. The van der Waals surface area contributed by atoms with Gasteiger partial charge in [0.1, 0.15) is 18.1 Å². The maximum Gasteiger partial charge on any atom is 0.249 e. The highest BCUT2D eigenvalue weighted by Crippen LogP contribution is 2.33. The number of Topliss-reactive ketones (excluding diaryl/α,β-unsaturated/α-hetero) is 1. The van der Waals surface area contributed by atoms with E-state index in [4.69, 9.17) is 0 Å². The van der Waals surface area contributed by atoms with Gasteiger partial charge < -0.3 is 5.32 Å². The number of nitrogens with one attached hydrogen (secondary N) is 1. The molecule has 2 aromatic heterocycles. The maximum atomic E-state index is 14.0. The van der Waals surface area contributed by atoms with Gasteiger partial charge in [-0.25, -0.2) is 4.68 Å². The zero-order valence-corrected chi connectivity index (χ0v) is 20.9. The van der Waals surface area contributed by atoms with Crippen molar-refractivity contribution in [3.63, 3.8) is 0 Å². The molecule has 8 nitrogen and oxygen atoms in total. The van der Waals surface area contributed by atoms with Gasteiger partial charge in [-0.3, -0.25) is 19.3 Å². The summed E-state index contributed by atoms with van der Waals surface area (Å²) in [6, 6.07) is 15.0. The van der Waals surface area contributed by atoms with Crippen molar-refractivity contribution in [2.45, 2.75) is 45.8 Å². The third kappa shape index (κ3) is 5.30. The van der Waals surface area contributed by atoms with Gasteiger partial charge in [-0.05, 0) is 74.4 Å². The van der Waals surface area contributed by atoms with Crippen LogP contribution in [0.25, 0.3) is 11.0 Å². The largest absolute Gasteiger partial charge is 0.349 e. The molecule has 0 fully saturated rings. The first-order valence-corrected chi connectivity index (χ1v) is 12.1. The Balaban J connectivity index is 1.85. The number of aromatic nitrogens is 3. The summed E-state index contributed by atoms with van der Waals surface area (Å²) in [6.07, 6.45) is 0. The van der Waals surface area contributed by atoms with E-state index in [9.17, 15) is 14.4 Å². The molecule has 0 aliphatic rings. The van der Waals surface area contributed by atoms with Gasteiger partial charge in [0.15, 0.2) is 5.78 Å². The molecule has 2 amide bonds. The van der Waals surface area contributed by atoms with E-state index in [0.717, 1.165) is 0 Å². The molecule has 2 heterocycles. The number of amides is 2. The molecular weight excluding hydrogens is 462 g/mol. The highest BCUT2D eigenvalue weighted by atomic mass is 32.1. The first-order chi connectivity index (χ1) is 16.7. The molecular formula is C26H27N5O3S. The molecule has 0 spiro atoms. The van der Waals surface area contributed by atoms with Crippen molar-refractivity contribution in [3.8, 4) is 0 Å². The molecule has 0 aliphatic heterocycles. The van der Waals surface area contributed by atoms with Crippen LogP contribution in [-0.4, -0.2) is 38.1 Å². The number of para-hydroxylation sites is 2. The summed E-state index contributed by atoms with van der Waals surface area (Å²) < 4.78 is 1.51. The molecule has 0 saturated carbocycles. The number of nitrogens with zero attached hydrogens (tertiary/aromatic N) is 4. The predicted octanol–water partition coefficient (Wildman–Crippen LogP) is 4.38. The topological polar surface area (TPSA) is 97.2 Å². The second kappa shape index (κ2) is 9.79. The lowest BCUT2D eigenvalue weighted by atomic mass is 10.0. The zero-order chi connectivity index (χ0) is 25.2. The van der Waals surface area contributed by atoms with Crippen LogP contribution >= 0.6 is 11.3 Å². The van der Waals surface area contributed by atoms with E-state index in [1.807, 2.05) is 61.9 Å². The van der Waals surface area contributed by atoms with Crippen LogP contribution in [0.1, 0.15) is 49.7 Å². The summed E-state index contributed by atoms with van der Waals surface area (Å²) in [5.74, 6) is -0.939. The zero-order valence-electron chi connectivity index (χ0n) is 20.1. The second-order valence-electron chi connectivity index (χ2n) is 9.27. The summed E-state index contributed by atoms with van der Waals surface area (Å²) >= 11 is 1.43. The molecule has 2 aromatic carbocycles. The SMILES string of the molecule is CC(=O)c1ccccc1N(C(=O)Cn1nnc2ccccc21)C(C(=O)NC(C)(C)C)c1ccsc1. The van der Waals surface area contributed by atoms with E-state index in [1.165, 1.54) is 27.8 Å². The van der Waals surface area contributed by atoms with Crippen molar-refractivity contribution in [3.05, 3.63) is 76.5 Å². The fraction of sp³-hybridized carbons (Fsp3) is 0.269. The summed E-state index contributed by atoms with van der Waals surface area (Å²) in [5, 5.41) is 15.0. The molecule has 0 radical (unpaired) electrons. The van der Waals surface area contributed by atoms with E-state index in [1.54, 1.807) is 24.3 Å². The number of benzene rings is 2. The summed E-state index contributed by atoms with van der Waals surface area (Å²) in [5.41, 5.74) is 2.22. The molecule has 0 aliphatic carbocycles. The van der Waals surface area contributed by atoms with Gasteiger partial charge in [0, 0.05) is 11.1 Å². The van der Waals surface area contributed by atoms with E-state index in [-0.39, 0.29) is 18.2 Å². The Bertz CT molecular complexity index is 1370. The Labute approximate surface area is 207 Å². The van der Waals surface area contributed by atoms with Crippen LogP contribution in [0.5, 0.6) is 0 Å². The lowest BCUT2D eigenvalue weighted by Crippen LogP contribution is -2.50. The average molecular weight is 490 g/mol. The number of thiophene rings is 1. The van der Waals surface area contributed by atoms with Crippen LogP contribution in [0.2, 0.25) is 0 Å². The Morgan fingerprint density at radius 3 is 2.46 bits per heavy atom. The first kappa shape index (κ1) is 24.3. The van der Waals surface area contributed by atoms with Crippen molar-refractivity contribution in [2.75, 3.05) is 4.90 Å². The van der Waals surface area contributed by atoms with Gasteiger partial charge in [0.2, 0.25) is 11.8 Å². The van der Waals surface area contributed by atoms with Crippen LogP contribution in [0.3, 0.4) is 0 Å². The monoisotopic (exact) mass is 489 g/mol. The molecule has 1 unspecified atom stereocenters. The van der Waals surface area contributed by atoms with Gasteiger partial charge >= 0.3 is 0 Å². The molecule has 180 valence electrons. The van der Waals surface area contributed by atoms with Gasteiger partial charge in [0.05, 0.1) is 11.2 Å². The van der Waals surface area contributed by atoms with Crippen LogP contribution in [0, 0.1) is 0 Å². The van der Waals surface area contributed by atoms with Crippen LogP contribution in [-0.2, 0) is 16.1 Å². The Kier molecular flexibility index (Phi) is 6.79. The number of fused-ring (bicyclic) bond motifs is 1. The van der Waals surface area contributed by atoms with Crippen LogP contribution in [0.15, 0.2) is 65.4 Å². The quantitative estimate of drug-likeness (QED) is 0.389. The Morgan fingerprint density at radius 1 is 1.06 bits per heavy atom. The van der Waals surface area contributed by atoms with Crippen molar-refractivity contribution in [2.24, 2.45) is 0 Å². The van der Waals surface area contributed by atoms with Gasteiger partial charge in [0.25, 0.3) is 0 Å². The molecule has 35 heavy (non-hydrogen) atoms. The fourth-order valence-electron chi connectivity index (χ4n) is 3.92. The van der Waals surface area contributed by atoms with Crippen molar-refractivity contribution < 1.29 is 14.4 Å². The number of carbonyl (C=O) groups is 3. The highest BCUT2D eigenvalue weighted by molar-refractivity contribution is 7.08. The predicted molar refractivity (Wildman–Crippen MR) is 136 cm³/mol. The smallest absolute Gasteiger partial charge is 0.249 e. The van der Waals surface area contributed by atoms with Gasteiger partial charge in [-0.2, -0.15) is 11.3 Å². The standard InChI is InChI=1S/C26H27N5O3S/c1-17(32)19-9-5-7-11-21(19)31(23(33)15-30-22-12-8-6-10-20(22)28-29-30)24(18-13-14-35-16-18)25(34)27-26(2,3)4/h5-14,16,24H,15H2,1-4H3,(H,27,34). The number of ketones is 1. The summed E-state index contributed by atoms with van der Waals surface area (Å²) in [4.78, 5) is 41.6. The lowest BCUT2D eigenvalue weighted by molar-refractivity contribution is -0.128. The number of carbonyl (C=O) groups excluding carboxylic acids is 3. The lowest BCUT2D eigenvalue weighted by Gasteiger charge is -2.34.